The van der Waals surface area contributed by atoms with E-state index in [9.17, 15) is 9.59 Å². The van der Waals surface area contributed by atoms with Gasteiger partial charge in [0.15, 0.2) is 0 Å². The fourth-order valence-electron chi connectivity index (χ4n) is 3.07. The Kier molecular flexibility index (Phi) is 3.89. The number of carbonyl (C=O) groups excluding carboxylic acids is 2. The summed E-state index contributed by atoms with van der Waals surface area (Å²) in [6, 6.07) is 5.47. The zero-order valence-electron chi connectivity index (χ0n) is 11.3. The number of amides is 1. The molecule has 2 heterocycles. The molecule has 1 N–H and O–H groups in total. The predicted molar refractivity (Wildman–Crippen MR) is 80.2 cm³/mol. The van der Waals surface area contributed by atoms with Crippen LogP contribution in [-0.4, -0.2) is 37.9 Å². The first-order chi connectivity index (χ1) is 9.66. The predicted octanol–water partition coefficient (Wildman–Crippen LogP) is 1.05. The molecule has 0 saturated carbocycles. The molecule has 0 atom stereocenters. The Morgan fingerprint density at radius 2 is 1.90 bits per heavy atom. The average Bonchev–Trinajstić information content (AvgIpc) is 2.70. The number of hydrogen-bond acceptors (Lipinski definition) is 2. The summed E-state index contributed by atoms with van der Waals surface area (Å²) >= 11 is 3.35. The lowest BCUT2D eigenvalue weighted by molar-refractivity contribution is -0.903. The van der Waals surface area contributed by atoms with Crippen LogP contribution in [0, 0.1) is 0 Å². The third-order valence-electron chi connectivity index (χ3n) is 4.18. The minimum Gasteiger partial charge on any atom is -0.333 e. The highest BCUT2D eigenvalue weighted by Gasteiger charge is 2.36. The molecule has 1 saturated heterocycles. The lowest BCUT2D eigenvalue weighted by Gasteiger charge is -2.25. The number of halogens is 1. The molecule has 1 amide bonds. The van der Waals surface area contributed by atoms with Gasteiger partial charge in [0, 0.05) is 4.47 Å². The van der Waals surface area contributed by atoms with Crippen molar-refractivity contribution in [3.63, 3.8) is 0 Å². The summed E-state index contributed by atoms with van der Waals surface area (Å²) in [4.78, 5) is 27.3. The van der Waals surface area contributed by atoms with Crippen LogP contribution in [0.15, 0.2) is 22.7 Å². The molecule has 106 valence electrons. The van der Waals surface area contributed by atoms with Gasteiger partial charge in [-0.2, -0.15) is 0 Å². The number of rotatable bonds is 3. The Morgan fingerprint density at radius 1 is 1.15 bits per heavy atom. The maximum Gasteiger partial charge on any atom is 0.299 e. The molecule has 4 nitrogen and oxygen atoms in total. The molecule has 0 aromatic heterocycles. The number of Topliss-reactive ketones (excluding diaryl/α,β-unsaturated/α-hetero) is 1. The van der Waals surface area contributed by atoms with Gasteiger partial charge in [-0.3, -0.25) is 14.5 Å². The van der Waals surface area contributed by atoms with E-state index in [4.69, 9.17) is 0 Å². The molecule has 0 radical (unpaired) electrons. The molecule has 1 aromatic carbocycles. The number of piperidine rings is 1. The van der Waals surface area contributed by atoms with Crippen LogP contribution in [0.4, 0.5) is 5.69 Å². The highest BCUT2D eigenvalue weighted by atomic mass is 79.9. The maximum atomic E-state index is 12.1. The summed E-state index contributed by atoms with van der Waals surface area (Å²) in [7, 11) is 0. The minimum atomic E-state index is -0.380. The Morgan fingerprint density at radius 3 is 2.65 bits per heavy atom. The fraction of sp³-hybridized carbons (Fsp3) is 0.467. The molecular formula is C15H18BrN2O2+. The first-order valence-corrected chi connectivity index (χ1v) is 7.95. The van der Waals surface area contributed by atoms with Crippen molar-refractivity contribution in [1.82, 2.24) is 0 Å². The number of likely N-dealkylation sites (tertiary alicyclic amines) is 1. The molecule has 3 rings (SSSR count). The Hall–Kier alpha value is -1.20. The van der Waals surface area contributed by atoms with Gasteiger partial charge in [0.05, 0.1) is 37.4 Å². The molecule has 20 heavy (non-hydrogen) atoms. The second kappa shape index (κ2) is 5.66. The molecule has 1 aromatic rings. The van der Waals surface area contributed by atoms with E-state index in [0.29, 0.717) is 12.1 Å². The van der Waals surface area contributed by atoms with Gasteiger partial charge < -0.3 is 4.90 Å². The van der Waals surface area contributed by atoms with Crippen LogP contribution in [0.3, 0.4) is 0 Å². The zero-order chi connectivity index (χ0) is 14.1. The number of hydrogen-bond donors (Lipinski definition) is 1. The lowest BCUT2D eigenvalue weighted by Crippen LogP contribution is -3.13. The first-order valence-electron chi connectivity index (χ1n) is 7.16. The van der Waals surface area contributed by atoms with Gasteiger partial charge in [0.25, 0.3) is 11.7 Å². The van der Waals surface area contributed by atoms with E-state index in [0.717, 1.165) is 16.7 Å². The van der Waals surface area contributed by atoms with Crippen LogP contribution < -0.4 is 9.80 Å². The average molecular weight is 338 g/mol. The molecule has 0 spiro atoms. The molecule has 2 aliphatic heterocycles. The van der Waals surface area contributed by atoms with Gasteiger partial charge in [-0.15, -0.1) is 0 Å². The summed E-state index contributed by atoms with van der Waals surface area (Å²) in [6.45, 7) is 3.93. The summed E-state index contributed by atoms with van der Waals surface area (Å²) in [5.41, 5.74) is 1.29. The normalized spacial score (nSPS) is 19.6. The molecule has 1 fully saturated rings. The number of anilines is 1. The van der Waals surface area contributed by atoms with Gasteiger partial charge in [0.1, 0.15) is 0 Å². The second-order valence-corrected chi connectivity index (χ2v) is 6.42. The number of fused-ring (bicyclic) bond motifs is 1. The van der Waals surface area contributed by atoms with Gasteiger partial charge in [-0.25, -0.2) is 0 Å². The van der Waals surface area contributed by atoms with Crippen molar-refractivity contribution in [3.05, 3.63) is 28.2 Å². The SMILES string of the molecule is O=C1C(=O)N(CC[NH+]2CCCCC2)c2ccc(Br)cc21. The number of benzene rings is 1. The van der Waals surface area contributed by atoms with E-state index in [1.54, 1.807) is 15.9 Å². The fourth-order valence-corrected chi connectivity index (χ4v) is 3.43. The van der Waals surface area contributed by atoms with Gasteiger partial charge in [-0.1, -0.05) is 15.9 Å². The summed E-state index contributed by atoms with van der Waals surface area (Å²) < 4.78 is 0.834. The topological polar surface area (TPSA) is 41.8 Å². The Balaban J connectivity index is 1.74. The lowest BCUT2D eigenvalue weighted by atomic mass is 10.1. The van der Waals surface area contributed by atoms with E-state index in [2.05, 4.69) is 15.9 Å². The van der Waals surface area contributed by atoms with Crippen LogP contribution in [-0.2, 0) is 4.79 Å². The summed E-state index contributed by atoms with van der Waals surface area (Å²) in [5, 5.41) is 0. The van der Waals surface area contributed by atoms with Crippen molar-refractivity contribution >= 4 is 33.3 Å². The molecule has 5 heteroatoms. The number of ketones is 1. The highest BCUT2D eigenvalue weighted by molar-refractivity contribution is 9.10. The molecular weight excluding hydrogens is 320 g/mol. The van der Waals surface area contributed by atoms with E-state index in [1.807, 2.05) is 12.1 Å². The summed E-state index contributed by atoms with van der Waals surface area (Å²) in [6.07, 6.45) is 3.86. The van der Waals surface area contributed by atoms with Gasteiger partial charge in [-0.05, 0) is 37.5 Å². The highest BCUT2D eigenvalue weighted by Crippen LogP contribution is 2.30. The third kappa shape index (κ3) is 2.52. The van der Waals surface area contributed by atoms with Crippen LogP contribution >= 0.6 is 15.9 Å². The van der Waals surface area contributed by atoms with Gasteiger partial charge >= 0.3 is 0 Å². The monoisotopic (exact) mass is 337 g/mol. The largest absolute Gasteiger partial charge is 0.333 e. The number of nitrogens with one attached hydrogen (secondary N) is 1. The van der Waals surface area contributed by atoms with E-state index in [-0.39, 0.29) is 11.7 Å². The maximum absolute atomic E-state index is 12.1. The van der Waals surface area contributed by atoms with Crippen molar-refractivity contribution in [1.29, 1.82) is 0 Å². The summed E-state index contributed by atoms with van der Waals surface area (Å²) in [5.74, 6) is -0.760. The Labute approximate surface area is 126 Å². The van der Waals surface area contributed by atoms with E-state index >= 15 is 0 Å². The van der Waals surface area contributed by atoms with Crippen LogP contribution in [0.1, 0.15) is 29.6 Å². The van der Waals surface area contributed by atoms with Gasteiger partial charge in [0.2, 0.25) is 0 Å². The molecule has 0 unspecified atom stereocenters. The smallest absolute Gasteiger partial charge is 0.299 e. The second-order valence-electron chi connectivity index (χ2n) is 5.51. The minimum absolute atomic E-state index is 0.380. The van der Waals surface area contributed by atoms with E-state index in [1.165, 1.54) is 32.4 Å². The quantitative estimate of drug-likeness (QED) is 0.837. The van der Waals surface area contributed by atoms with Crippen LogP contribution in [0.25, 0.3) is 0 Å². The molecule has 0 bridgehead atoms. The Bertz CT molecular complexity index is 553. The number of nitrogens with zero attached hydrogens (tertiary/aromatic N) is 1. The standard InChI is InChI=1S/C15H17BrN2O2/c16-11-4-5-13-12(10-11)14(19)15(20)18(13)9-8-17-6-2-1-3-7-17/h4-5,10H,1-3,6-9H2/p+1. The first kappa shape index (κ1) is 13.8. The molecule has 0 aliphatic carbocycles. The van der Waals surface area contributed by atoms with Crippen molar-refractivity contribution in [3.8, 4) is 0 Å². The van der Waals surface area contributed by atoms with Crippen molar-refractivity contribution in [2.24, 2.45) is 0 Å². The molecule has 2 aliphatic rings. The van der Waals surface area contributed by atoms with Crippen molar-refractivity contribution in [2.45, 2.75) is 19.3 Å². The van der Waals surface area contributed by atoms with Crippen molar-refractivity contribution in [2.75, 3.05) is 31.1 Å². The van der Waals surface area contributed by atoms with Crippen LogP contribution in [0.2, 0.25) is 0 Å². The van der Waals surface area contributed by atoms with Crippen LogP contribution in [0.5, 0.6) is 0 Å². The van der Waals surface area contributed by atoms with E-state index < -0.39 is 0 Å². The zero-order valence-corrected chi connectivity index (χ0v) is 12.9. The third-order valence-corrected chi connectivity index (χ3v) is 4.68. The van der Waals surface area contributed by atoms with Crippen molar-refractivity contribution < 1.29 is 14.5 Å². The number of quaternary nitrogens is 1. The number of carbonyl (C=O) groups is 2.